The van der Waals surface area contributed by atoms with Crippen molar-refractivity contribution in [3.05, 3.63) is 35.6 Å². The number of nitrogens with one attached hydrogen (secondary N) is 1. The van der Waals surface area contributed by atoms with Crippen LogP contribution in [0.4, 0.5) is 0 Å². The van der Waals surface area contributed by atoms with E-state index in [2.05, 4.69) is 25.5 Å². The molecule has 1 amide bonds. The molecule has 2 aromatic heterocycles. The summed E-state index contributed by atoms with van der Waals surface area (Å²) in [7, 11) is 0. The van der Waals surface area contributed by atoms with Crippen LogP contribution >= 0.6 is 0 Å². The molecule has 0 spiro atoms. The molecule has 2 heterocycles. The van der Waals surface area contributed by atoms with Crippen molar-refractivity contribution >= 4 is 5.91 Å². The summed E-state index contributed by atoms with van der Waals surface area (Å²) in [5.74, 6) is 0.476. The Bertz CT molecular complexity index is 615. The number of aromatic nitrogens is 4. The average molecular weight is 275 g/mol. The highest BCUT2D eigenvalue weighted by molar-refractivity contribution is 5.89. The van der Waals surface area contributed by atoms with E-state index in [1.807, 2.05) is 27.7 Å². The van der Waals surface area contributed by atoms with Crippen LogP contribution in [-0.4, -0.2) is 26.1 Å². The summed E-state index contributed by atoms with van der Waals surface area (Å²) in [6.07, 6.45) is 1.65. The van der Waals surface area contributed by atoms with Gasteiger partial charge in [-0.3, -0.25) is 4.79 Å². The molecular formula is C13H17N5O2. The minimum Gasteiger partial charge on any atom is -0.416 e. The van der Waals surface area contributed by atoms with Gasteiger partial charge >= 0.3 is 11.8 Å². The Morgan fingerprint density at radius 1 is 1.35 bits per heavy atom. The molecular weight excluding hydrogens is 258 g/mol. The monoisotopic (exact) mass is 275 g/mol. The third-order valence-electron chi connectivity index (χ3n) is 2.51. The van der Waals surface area contributed by atoms with Crippen LogP contribution in [0, 0.1) is 6.92 Å². The molecule has 0 aliphatic rings. The summed E-state index contributed by atoms with van der Waals surface area (Å²) in [6, 6.07) is 1.79. The van der Waals surface area contributed by atoms with Crippen LogP contribution in [0.25, 0.3) is 0 Å². The lowest BCUT2D eigenvalue weighted by molar-refractivity contribution is 0.0911. The van der Waals surface area contributed by atoms with E-state index >= 15 is 0 Å². The Morgan fingerprint density at radius 2 is 2.10 bits per heavy atom. The zero-order valence-electron chi connectivity index (χ0n) is 12.0. The first kappa shape index (κ1) is 14.1. The minimum absolute atomic E-state index is 0.0532. The molecule has 0 atom stereocenters. The van der Waals surface area contributed by atoms with Crippen molar-refractivity contribution in [3.8, 4) is 0 Å². The van der Waals surface area contributed by atoms with E-state index < -0.39 is 5.91 Å². The molecule has 7 nitrogen and oxygen atoms in total. The molecule has 0 aliphatic heterocycles. The summed E-state index contributed by atoms with van der Waals surface area (Å²) < 4.78 is 5.35. The van der Waals surface area contributed by atoms with Gasteiger partial charge in [-0.25, -0.2) is 9.97 Å². The lowest BCUT2D eigenvalue weighted by atomic mass is 9.97. The van der Waals surface area contributed by atoms with Gasteiger partial charge in [0.25, 0.3) is 0 Å². The molecule has 0 saturated carbocycles. The van der Waals surface area contributed by atoms with Crippen molar-refractivity contribution in [3.63, 3.8) is 0 Å². The third-order valence-corrected chi connectivity index (χ3v) is 2.51. The van der Waals surface area contributed by atoms with Crippen molar-refractivity contribution in [2.24, 2.45) is 0 Å². The molecule has 2 aromatic rings. The molecule has 7 heteroatoms. The molecule has 0 aromatic carbocycles. The lowest BCUT2D eigenvalue weighted by Gasteiger charge is -2.10. The normalized spacial score (nSPS) is 11.4. The fraction of sp³-hybridized carbons (Fsp3) is 0.462. The fourth-order valence-electron chi connectivity index (χ4n) is 1.44. The molecule has 0 bridgehead atoms. The van der Waals surface area contributed by atoms with Crippen LogP contribution in [0.5, 0.6) is 0 Å². The zero-order valence-corrected chi connectivity index (χ0v) is 12.0. The minimum atomic E-state index is -0.432. The van der Waals surface area contributed by atoms with Crippen LogP contribution in [-0.2, 0) is 12.0 Å². The second-order valence-corrected chi connectivity index (χ2v) is 5.46. The number of carbonyl (C=O) groups excluding carboxylic acids is 1. The second-order valence-electron chi connectivity index (χ2n) is 5.46. The lowest BCUT2D eigenvalue weighted by Crippen LogP contribution is -2.24. The first-order valence-corrected chi connectivity index (χ1v) is 6.27. The van der Waals surface area contributed by atoms with Crippen LogP contribution in [0.2, 0.25) is 0 Å². The summed E-state index contributed by atoms with van der Waals surface area (Å²) in [4.78, 5) is 20.1. The van der Waals surface area contributed by atoms with Gasteiger partial charge in [-0.1, -0.05) is 20.8 Å². The summed E-state index contributed by atoms with van der Waals surface area (Å²) in [6.45, 7) is 7.88. The van der Waals surface area contributed by atoms with E-state index in [1.165, 1.54) is 0 Å². The SMILES string of the molecule is Cc1ccnc(CNC(=O)c2nnc(C(C)(C)C)o2)n1. The van der Waals surface area contributed by atoms with E-state index in [9.17, 15) is 4.79 Å². The Kier molecular flexibility index (Phi) is 3.78. The molecule has 106 valence electrons. The van der Waals surface area contributed by atoms with Gasteiger partial charge in [0.05, 0.1) is 6.54 Å². The third kappa shape index (κ3) is 3.37. The molecule has 0 fully saturated rings. The Balaban J connectivity index is 2.00. The van der Waals surface area contributed by atoms with Crippen molar-refractivity contribution in [2.75, 3.05) is 0 Å². The van der Waals surface area contributed by atoms with Crippen molar-refractivity contribution in [1.82, 2.24) is 25.5 Å². The number of rotatable bonds is 3. The maximum atomic E-state index is 11.9. The van der Waals surface area contributed by atoms with E-state index in [-0.39, 0.29) is 17.9 Å². The van der Waals surface area contributed by atoms with Gasteiger partial charge in [-0.15, -0.1) is 10.2 Å². The van der Waals surface area contributed by atoms with Crippen molar-refractivity contribution in [1.29, 1.82) is 0 Å². The zero-order chi connectivity index (χ0) is 14.8. The van der Waals surface area contributed by atoms with Gasteiger partial charge in [0.15, 0.2) is 0 Å². The van der Waals surface area contributed by atoms with Crippen molar-refractivity contribution < 1.29 is 9.21 Å². The topological polar surface area (TPSA) is 93.8 Å². The highest BCUT2D eigenvalue weighted by Gasteiger charge is 2.23. The first-order valence-electron chi connectivity index (χ1n) is 6.27. The average Bonchev–Trinajstić information content (AvgIpc) is 2.85. The van der Waals surface area contributed by atoms with E-state index in [1.54, 1.807) is 12.3 Å². The first-order chi connectivity index (χ1) is 9.36. The van der Waals surface area contributed by atoms with Gasteiger partial charge in [-0.05, 0) is 13.0 Å². The predicted octanol–water partition coefficient (Wildman–Crippen LogP) is 1.40. The number of nitrogens with zero attached hydrogens (tertiary/aromatic N) is 4. The largest absolute Gasteiger partial charge is 0.416 e. The molecule has 0 radical (unpaired) electrons. The van der Waals surface area contributed by atoms with Gasteiger partial charge in [0.1, 0.15) is 5.82 Å². The van der Waals surface area contributed by atoms with Gasteiger partial charge < -0.3 is 9.73 Å². The summed E-state index contributed by atoms with van der Waals surface area (Å²) >= 11 is 0. The highest BCUT2D eigenvalue weighted by atomic mass is 16.4. The Labute approximate surface area is 116 Å². The molecule has 0 unspecified atom stereocenters. The molecule has 2 rings (SSSR count). The van der Waals surface area contributed by atoms with Crippen LogP contribution in [0.3, 0.4) is 0 Å². The Morgan fingerprint density at radius 3 is 2.70 bits per heavy atom. The number of carbonyl (C=O) groups is 1. The van der Waals surface area contributed by atoms with Gasteiger partial charge in [0.2, 0.25) is 5.89 Å². The maximum absolute atomic E-state index is 11.9. The van der Waals surface area contributed by atoms with Crippen LogP contribution in [0.15, 0.2) is 16.7 Å². The van der Waals surface area contributed by atoms with Gasteiger partial charge in [-0.2, -0.15) is 0 Å². The summed E-state index contributed by atoms with van der Waals surface area (Å²) in [5.41, 5.74) is 0.558. The van der Waals surface area contributed by atoms with Crippen LogP contribution < -0.4 is 5.32 Å². The quantitative estimate of drug-likeness (QED) is 0.909. The molecule has 1 N–H and O–H groups in total. The number of hydrogen-bond donors (Lipinski definition) is 1. The number of hydrogen-bond acceptors (Lipinski definition) is 6. The summed E-state index contributed by atoms with van der Waals surface area (Å²) in [5, 5.41) is 10.3. The smallest absolute Gasteiger partial charge is 0.309 e. The van der Waals surface area contributed by atoms with Crippen molar-refractivity contribution in [2.45, 2.75) is 39.7 Å². The van der Waals surface area contributed by atoms with E-state index in [0.717, 1.165) is 5.69 Å². The molecule has 20 heavy (non-hydrogen) atoms. The van der Waals surface area contributed by atoms with Gasteiger partial charge in [0, 0.05) is 17.3 Å². The predicted molar refractivity (Wildman–Crippen MR) is 70.9 cm³/mol. The highest BCUT2D eigenvalue weighted by Crippen LogP contribution is 2.20. The standard InChI is InChI=1S/C13H17N5O2/c1-8-5-6-14-9(16-8)7-15-10(19)11-17-18-12(20-11)13(2,3)4/h5-6H,7H2,1-4H3,(H,15,19). The number of amides is 1. The number of aryl methyl sites for hydroxylation is 1. The van der Waals surface area contributed by atoms with Crippen LogP contribution in [0.1, 0.15) is 48.9 Å². The Hall–Kier alpha value is -2.31. The molecule has 0 saturated heterocycles. The fourth-order valence-corrected chi connectivity index (χ4v) is 1.44. The second kappa shape index (κ2) is 5.36. The van der Waals surface area contributed by atoms with E-state index in [0.29, 0.717) is 11.7 Å². The maximum Gasteiger partial charge on any atom is 0.309 e. The molecule has 0 aliphatic carbocycles. The van der Waals surface area contributed by atoms with E-state index in [4.69, 9.17) is 4.42 Å².